The molecule has 0 bridgehead atoms. The first kappa shape index (κ1) is 15.9. The van der Waals surface area contributed by atoms with Crippen molar-refractivity contribution in [2.24, 2.45) is 11.1 Å². The van der Waals surface area contributed by atoms with Gasteiger partial charge in [0, 0.05) is 17.7 Å². The molecule has 0 aliphatic carbocycles. The molecule has 0 saturated carbocycles. The minimum atomic E-state index is 0.391. The summed E-state index contributed by atoms with van der Waals surface area (Å²) in [6.45, 7) is 8.32. The molecule has 0 aromatic heterocycles. The molecule has 114 valence electrons. The Morgan fingerprint density at radius 1 is 1.29 bits per heavy atom. The van der Waals surface area contributed by atoms with Crippen molar-refractivity contribution in [2.75, 3.05) is 26.7 Å². The number of likely N-dealkylation sites (tertiary alicyclic amines) is 1. The van der Waals surface area contributed by atoms with Crippen LogP contribution in [0.25, 0.3) is 0 Å². The number of nitrogens with zero attached hydrogens (tertiary/aromatic N) is 1. The Morgan fingerprint density at radius 3 is 2.62 bits per heavy atom. The number of hydrogen-bond acceptors (Lipinski definition) is 3. The zero-order chi connectivity index (χ0) is 15.3. The highest BCUT2D eigenvalue weighted by molar-refractivity contribution is 5.44. The van der Waals surface area contributed by atoms with E-state index in [0.717, 1.165) is 30.9 Å². The molecule has 0 spiro atoms. The molecule has 1 fully saturated rings. The van der Waals surface area contributed by atoms with E-state index < -0.39 is 0 Å². The van der Waals surface area contributed by atoms with Gasteiger partial charge in [0.2, 0.25) is 0 Å². The number of rotatable bonds is 3. The maximum absolute atomic E-state index is 5.49. The van der Waals surface area contributed by atoms with Gasteiger partial charge in [-0.15, -0.1) is 0 Å². The van der Waals surface area contributed by atoms with Crippen LogP contribution in [0.1, 0.15) is 37.8 Å². The second kappa shape index (κ2) is 6.98. The first-order chi connectivity index (χ1) is 10.0. The van der Waals surface area contributed by atoms with E-state index in [1.807, 2.05) is 12.1 Å². The average molecular weight is 286 g/mol. The van der Waals surface area contributed by atoms with Gasteiger partial charge in [-0.05, 0) is 49.5 Å². The van der Waals surface area contributed by atoms with E-state index in [4.69, 9.17) is 10.5 Å². The summed E-state index contributed by atoms with van der Waals surface area (Å²) in [4.78, 5) is 2.50. The van der Waals surface area contributed by atoms with Crippen molar-refractivity contribution in [2.45, 2.75) is 33.2 Å². The second-order valence-electron chi connectivity index (χ2n) is 6.47. The van der Waals surface area contributed by atoms with Crippen LogP contribution in [0.15, 0.2) is 18.2 Å². The van der Waals surface area contributed by atoms with Crippen molar-refractivity contribution in [3.63, 3.8) is 0 Å². The Morgan fingerprint density at radius 2 is 2.00 bits per heavy atom. The number of benzene rings is 1. The van der Waals surface area contributed by atoms with Crippen molar-refractivity contribution >= 4 is 0 Å². The molecular weight excluding hydrogens is 260 g/mol. The Bertz CT molecular complexity index is 530. The third-order valence-corrected chi connectivity index (χ3v) is 4.22. The zero-order valence-corrected chi connectivity index (χ0v) is 13.4. The van der Waals surface area contributed by atoms with Gasteiger partial charge in [-0.1, -0.05) is 25.7 Å². The van der Waals surface area contributed by atoms with Gasteiger partial charge in [0.15, 0.2) is 0 Å². The van der Waals surface area contributed by atoms with Crippen LogP contribution in [0.3, 0.4) is 0 Å². The summed E-state index contributed by atoms with van der Waals surface area (Å²) in [6, 6.07) is 6.12. The molecule has 2 N–H and O–H groups in total. The van der Waals surface area contributed by atoms with Gasteiger partial charge in [-0.3, -0.25) is 4.90 Å². The van der Waals surface area contributed by atoms with Crippen LogP contribution in [0.5, 0.6) is 5.75 Å². The van der Waals surface area contributed by atoms with E-state index >= 15 is 0 Å². The van der Waals surface area contributed by atoms with E-state index in [1.54, 1.807) is 7.11 Å². The zero-order valence-electron chi connectivity index (χ0n) is 13.4. The maximum atomic E-state index is 5.49. The van der Waals surface area contributed by atoms with E-state index in [1.165, 1.54) is 18.4 Å². The van der Waals surface area contributed by atoms with Crippen molar-refractivity contribution in [3.8, 4) is 17.6 Å². The quantitative estimate of drug-likeness (QED) is 0.868. The molecule has 1 heterocycles. The van der Waals surface area contributed by atoms with Crippen LogP contribution < -0.4 is 10.5 Å². The molecule has 3 nitrogen and oxygen atoms in total. The lowest BCUT2D eigenvalue weighted by Gasteiger charge is -2.37. The number of nitrogens with two attached hydrogens (primary N) is 1. The summed E-state index contributed by atoms with van der Waals surface area (Å²) < 4.78 is 5.49. The summed E-state index contributed by atoms with van der Waals surface area (Å²) in [6.07, 6.45) is 2.50. The largest absolute Gasteiger partial charge is 0.496 e. The van der Waals surface area contributed by atoms with Crippen LogP contribution in [0.2, 0.25) is 0 Å². The molecule has 0 atom stereocenters. The maximum Gasteiger partial charge on any atom is 0.123 e. The number of ether oxygens (including phenoxy) is 1. The summed E-state index contributed by atoms with van der Waals surface area (Å²) in [5, 5.41) is 0. The van der Waals surface area contributed by atoms with Gasteiger partial charge in [0.25, 0.3) is 0 Å². The highest BCUT2D eigenvalue weighted by atomic mass is 16.5. The van der Waals surface area contributed by atoms with Crippen molar-refractivity contribution in [3.05, 3.63) is 29.3 Å². The molecule has 2 rings (SSSR count). The van der Waals surface area contributed by atoms with E-state index in [-0.39, 0.29) is 0 Å². The molecule has 21 heavy (non-hydrogen) atoms. The van der Waals surface area contributed by atoms with Gasteiger partial charge < -0.3 is 10.5 Å². The topological polar surface area (TPSA) is 38.5 Å². The molecule has 1 aromatic rings. The van der Waals surface area contributed by atoms with Crippen LogP contribution in [-0.2, 0) is 6.54 Å². The second-order valence-corrected chi connectivity index (χ2v) is 6.47. The highest BCUT2D eigenvalue weighted by Gasteiger charge is 2.25. The van der Waals surface area contributed by atoms with E-state index in [9.17, 15) is 0 Å². The highest BCUT2D eigenvalue weighted by Crippen LogP contribution is 2.31. The third kappa shape index (κ3) is 4.49. The summed E-state index contributed by atoms with van der Waals surface area (Å²) >= 11 is 0. The molecule has 0 unspecified atom stereocenters. The van der Waals surface area contributed by atoms with Gasteiger partial charge in [-0.2, -0.15) is 0 Å². The fourth-order valence-corrected chi connectivity index (χ4v) is 2.69. The minimum absolute atomic E-state index is 0.391. The van der Waals surface area contributed by atoms with E-state index in [2.05, 4.69) is 36.7 Å². The average Bonchev–Trinajstić information content (AvgIpc) is 2.47. The lowest BCUT2D eigenvalue weighted by Crippen LogP contribution is -2.36. The van der Waals surface area contributed by atoms with Gasteiger partial charge in [0.05, 0.1) is 13.7 Å². The van der Waals surface area contributed by atoms with E-state index in [0.29, 0.717) is 12.0 Å². The third-order valence-electron chi connectivity index (χ3n) is 4.22. The van der Waals surface area contributed by atoms with Crippen LogP contribution in [0.4, 0.5) is 0 Å². The predicted molar refractivity (Wildman–Crippen MR) is 87.2 cm³/mol. The summed E-state index contributed by atoms with van der Waals surface area (Å²) in [7, 11) is 1.73. The Kier molecular flexibility index (Phi) is 5.27. The Balaban J connectivity index is 2.10. The van der Waals surface area contributed by atoms with Gasteiger partial charge >= 0.3 is 0 Å². The number of piperidine rings is 1. The molecule has 1 aromatic carbocycles. The molecule has 0 amide bonds. The lowest BCUT2D eigenvalue weighted by atomic mass is 9.82. The van der Waals surface area contributed by atoms with Gasteiger partial charge in [-0.25, -0.2) is 0 Å². The number of methoxy groups -OCH3 is 1. The smallest absolute Gasteiger partial charge is 0.123 e. The fraction of sp³-hybridized carbons (Fsp3) is 0.556. The molecular formula is C18H26N2O. The Hall–Kier alpha value is -1.50. The fourth-order valence-electron chi connectivity index (χ4n) is 2.69. The van der Waals surface area contributed by atoms with Crippen molar-refractivity contribution < 1.29 is 4.74 Å². The molecule has 1 saturated heterocycles. The molecule has 0 radical (unpaired) electrons. The summed E-state index contributed by atoms with van der Waals surface area (Å²) in [5.74, 6) is 6.95. The monoisotopic (exact) mass is 286 g/mol. The Labute approximate surface area is 128 Å². The van der Waals surface area contributed by atoms with Crippen LogP contribution >= 0.6 is 0 Å². The lowest BCUT2D eigenvalue weighted by molar-refractivity contribution is 0.126. The molecule has 1 aliphatic rings. The molecule has 3 heteroatoms. The van der Waals surface area contributed by atoms with Gasteiger partial charge in [0.1, 0.15) is 5.75 Å². The SMILES string of the molecule is COc1ccc(C#CCN)cc1CN1CCC(C)(C)CC1. The van der Waals surface area contributed by atoms with Crippen LogP contribution in [0, 0.1) is 17.3 Å². The number of hydrogen-bond donors (Lipinski definition) is 1. The summed E-state index contributed by atoms with van der Waals surface area (Å²) in [5.41, 5.74) is 8.14. The molecule has 1 aliphatic heterocycles. The predicted octanol–water partition coefficient (Wildman–Crippen LogP) is 2.63. The first-order valence-corrected chi connectivity index (χ1v) is 7.62. The standard InChI is InChI=1S/C18H26N2O/c1-18(2)8-11-20(12-9-18)14-16-13-15(5-4-10-19)6-7-17(16)21-3/h6-7,13H,8-12,14,19H2,1-3H3. The normalized spacial score (nSPS) is 17.9. The first-order valence-electron chi connectivity index (χ1n) is 7.62. The van der Waals surface area contributed by atoms with Crippen LogP contribution in [-0.4, -0.2) is 31.6 Å². The minimum Gasteiger partial charge on any atom is -0.496 e. The van der Waals surface area contributed by atoms with Crippen molar-refractivity contribution in [1.29, 1.82) is 0 Å². The van der Waals surface area contributed by atoms with Crippen molar-refractivity contribution in [1.82, 2.24) is 4.90 Å².